The molecule has 0 spiro atoms. The molecule has 1 N–H and O–H groups in total. The van der Waals surface area contributed by atoms with Gasteiger partial charge in [0, 0.05) is 19.7 Å². The van der Waals surface area contributed by atoms with Crippen LogP contribution in [0.1, 0.15) is 24.2 Å². The van der Waals surface area contributed by atoms with Crippen LogP contribution in [0.2, 0.25) is 0 Å². The third kappa shape index (κ3) is 4.29. The Hall–Kier alpha value is -1.93. The third-order valence-corrected chi connectivity index (χ3v) is 5.38. The van der Waals surface area contributed by atoms with Crippen molar-refractivity contribution < 1.29 is 27.9 Å². The highest BCUT2D eigenvalue weighted by molar-refractivity contribution is 7.91. The van der Waals surface area contributed by atoms with Crippen molar-refractivity contribution in [1.29, 1.82) is 0 Å². The fraction of sp³-hybridized carbons (Fsp3) is 0.467. The van der Waals surface area contributed by atoms with Gasteiger partial charge >= 0.3 is 5.97 Å². The van der Waals surface area contributed by atoms with Gasteiger partial charge < -0.3 is 14.7 Å². The number of carbonyl (C=O) groups is 2. The number of amides is 1. The molecular weight excluding hydrogens is 322 g/mol. The van der Waals surface area contributed by atoms with Crippen LogP contribution in [0.25, 0.3) is 0 Å². The highest BCUT2D eigenvalue weighted by Crippen LogP contribution is 2.18. The van der Waals surface area contributed by atoms with Crippen LogP contribution in [0.15, 0.2) is 29.2 Å². The van der Waals surface area contributed by atoms with Crippen LogP contribution >= 0.6 is 0 Å². The molecule has 0 saturated heterocycles. The standard InChI is InChI=1S/C15H21NO6S/c1-15(2,14(18)19)16(3)13(17)11-5-7-12(8-6-11)23(20,21)10-9-22-4/h5-8H,9-10H2,1-4H3,(H,18,19). The zero-order valence-electron chi connectivity index (χ0n) is 13.6. The summed E-state index contributed by atoms with van der Waals surface area (Å²) in [6.45, 7) is 2.91. The number of hydrogen-bond donors (Lipinski definition) is 1. The first-order valence-corrected chi connectivity index (χ1v) is 8.52. The topological polar surface area (TPSA) is 101 Å². The molecule has 0 aliphatic rings. The van der Waals surface area contributed by atoms with Gasteiger partial charge in [0.15, 0.2) is 9.84 Å². The van der Waals surface area contributed by atoms with Gasteiger partial charge in [-0.3, -0.25) is 4.79 Å². The lowest BCUT2D eigenvalue weighted by Gasteiger charge is -2.31. The van der Waals surface area contributed by atoms with E-state index in [1.165, 1.54) is 52.3 Å². The van der Waals surface area contributed by atoms with Gasteiger partial charge in [0.2, 0.25) is 0 Å². The van der Waals surface area contributed by atoms with E-state index >= 15 is 0 Å². The second kappa shape index (κ2) is 7.10. The van der Waals surface area contributed by atoms with E-state index in [0.29, 0.717) is 0 Å². The molecule has 0 saturated carbocycles. The minimum absolute atomic E-state index is 0.0819. The third-order valence-electron chi connectivity index (χ3n) is 3.68. The molecule has 0 fully saturated rings. The summed E-state index contributed by atoms with van der Waals surface area (Å²) in [5.41, 5.74) is -1.16. The van der Waals surface area contributed by atoms with Gasteiger partial charge in [-0.1, -0.05) is 0 Å². The first-order chi connectivity index (χ1) is 10.5. The predicted molar refractivity (Wildman–Crippen MR) is 84.2 cm³/mol. The number of benzene rings is 1. The number of carbonyl (C=O) groups excluding carboxylic acids is 1. The normalized spacial score (nSPS) is 12.0. The first kappa shape index (κ1) is 19.1. The lowest BCUT2D eigenvalue weighted by Crippen LogP contribution is -2.50. The van der Waals surface area contributed by atoms with E-state index in [4.69, 9.17) is 9.84 Å². The molecule has 0 aromatic heterocycles. The fourth-order valence-corrected chi connectivity index (χ4v) is 2.88. The van der Waals surface area contributed by atoms with E-state index in [1.807, 2.05) is 0 Å². The molecule has 1 rings (SSSR count). The highest BCUT2D eigenvalue weighted by atomic mass is 32.2. The Morgan fingerprint density at radius 2 is 1.74 bits per heavy atom. The summed E-state index contributed by atoms with van der Waals surface area (Å²) in [5, 5.41) is 9.16. The number of hydrogen-bond acceptors (Lipinski definition) is 5. The van der Waals surface area contributed by atoms with Crippen LogP contribution in [0.3, 0.4) is 0 Å². The average Bonchev–Trinajstić information content (AvgIpc) is 2.51. The molecule has 1 aromatic carbocycles. The van der Waals surface area contributed by atoms with Crippen molar-refractivity contribution in [2.45, 2.75) is 24.3 Å². The fourth-order valence-electron chi connectivity index (χ4n) is 1.71. The van der Waals surface area contributed by atoms with Crippen molar-refractivity contribution in [3.63, 3.8) is 0 Å². The van der Waals surface area contributed by atoms with Gasteiger partial charge in [-0.05, 0) is 38.1 Å². The number of aliphatic carboxylic acids is 1. The molecule has 0 aliphatic heterocycles. The van der Waals surface area contributed by atoms with Gasteiger partial charge in [-0.25, -0.2) is 13.2 Å². The molecule has 8 heteroatoms. The largest absolute Gasteiger partial charge is 0.480 e. The Morgan fingerprint density at radius 1 is 1.22 bits per heavy atom. The van der Waals surface area contributed by atoms with Gasteiger partial charge in [-0.2, -0.15) is 0 Å². The van der Waals surface area contributed by atoms with Gasteiger partial charge in [0.25, 0.3) is 5.91 Å². The molecule has 0 bridgehead atoms. The number of nitrogens with zero attached hydrogens (tertiary/aromatic N) is 1. The summed E-state index contributed by atoms with van der Waals surface area (Å²) in [7, 11) is -0.668. The minimum Gasteiger partial charge on any atom is -0.480 e. The highest BCUT2D eigenvalue weighted by Gasteiger charge is 2.35. The van der Waals surface area contributed by atoms with E-state index in [1.54, 1.807) is 0 Å². The van der Waals surface area contributed by atoms with Crippen LogP contribution < -0.4 is 0 Å². The molecule has 0 heterocycles. The van der Waals surface area contributed by atoms with Crippen molar-refractivity contribution in [3.05, 3.63) is 29.8 Å². The van der Waals surface area contributed by atoms with Gasteiger partial charge in [-0.15, -0.1) is 0 Å². The summed E-state index contributed by atoms with van der Waals surface area (Å²) in [5.74, 6) is -1.78. The van der Waals surface area contributed by atoms with E-state index in [2.05, 4.69) is 0 Å². The molecule has 0 aliphatic carbocycles. The SMILES string of the molecule is COCCS(=O)(=O)c1ccc(C(=O)N(C)C(C)(C)C(=O)O)cc1. The van der Waals surface area contributed by atoms with E-state index in [-0.39, 0.29) is 22.8 Å². The molecule has 7 nitrogen and oxygen atoms in total. The summed E-state index contributed by atoms with van der Waals surface area (Å²) in [6, 6.07) is 5.41. The zero-order valence-corrected chi connectivity index (χ0v) is 14.4. The van der Waals surface area contributed by atoms with E-state index in [9.17, 15) is 18.0 Å². The smallest absolute Gasteiger partial charge is 0.329 e. The molecular formula is C15H21NO6S. The van der Waals surface area contributed by atoms with Crippen LogP contribution in [0.5, 0.6) is 0 Å². The van der Waals surface area contributed by atoms with E-state index in [0.717, 1.165) is 4.90 Å². The summed E-state index contributed by atoms with van der Waals surface area (Å²) in [4.78, 5) is 24.7. The quantitative estimate of drug-likeness (QED) is 0.794. The predicted octanol–water partition coefficient (Wildman–Crippen LogP) is 1.04. The molecule has 128 valence electrons. The maximum Gasteiger partial charge on any atom is 0.329 e. The maximum atomic E-state index is 12.3. The van der Waals surface area contributed by atoms with Crippen molar-refractivity contribution in [2.24, 2.45) is 0 Å². The number of carboxylic acid groups (broad SMARTS) is 1. The summed E-state index contributed by atoms with van der Waals surface area (Å²) < 4.78 is 28.8. The lowest BCUT2D eigenvalue weighted by atomic mass is 10.0. The molecule has 0 unspecified atom stereocenters. The van der Waals surface area contributed by atoms with Crippen LogP contribution in [-0.2, 0) is 19.4 Å². The van der Waals surface area contributed by atoms with Crippen molar-refractivity contribution in [1.82, 2.24) is 4.90 Å². The second-order valence-electron chi connectivity index (χ2n) is 5.56. The minimum atomic E-state index is -3.47. The number of likely N-dealkylation sites (N-methyl/N-ethyl adjacent to an activating group) is 1. The van der Waals surface area contributed by atoms with Gasteiger partial charge in [0.1, 0.15) is 5.54 Å². The number of rotatable bonds is 7. The average molecular weight is 343 g/mol. The van der Waals surface area contributed by atoms with Crippen LogP contribution in [0, 0.1) is 0 Å². The monoisotopic (exact) mass is 343 g/mol. The van der Waals surface area contributed by atoms with Crippen LogP contribution in [-0.4, -0.2) is 62.4 Å². The Labute approximate surface area is 135 Å². The van der Waals surface area contributed by atoms with Gasteiger partial charge in [0.05, 0.1) is 17.3 Å². The first-order valence-electron chi connectivity index (χ1n) is 6.87. The van der Waals surface area contributed by atoms with Crippen molar-refractivity contribution in [2.75, 3.05) is 26.5 Å². The number of methoxy groups -OCH3 is 1. The number of carboxylic acids is 1. The number of ether oxygens (including phenoxy) is 1. The Balaban J connectivity index is 3.01. The number of sulfone groups is 1. The zero-order chi connectivity index (χ0) is 17.8. The van der Waals surface area contributed by atoms with Crippen molar-refractivity contribution >= 4 is 21.7 Å². The lowest BCUT2D eigenvalue weighted by molar-refractivity contribution is -0.147. The Kier molecular flexibility index (Phi) is 5.90. The van der Waals surface area contributed by atoms with Crippen LogP contribution in [0.4, 0.5) is 0 Å². The summed E-state index contributed by atoms with van der Waals surface area (Å²) in [6.07, 6.45) is 0. The Morgan fingerprint density at radius 3 is 2.17 bits per heavy atom. The molecule has 0 atom stereocenters. The molecule has 1 amide bonds. The maximum absolute atomic E-state index is 12.3. The molecule has 1 aromatic rings. The molecule has 23 heavy (non-hydrogen) atoms. The van der Waals surface area contributed by atoms with E-state index < -0.39 is 27.3 Å². The molecule has 0 radical (unpaired) electrons. The summed E-state index contributed by atoms with van der Waals surface area (Å²) >= 11 is 0. The Bertz CT molecular complexity index is 678. The second-order valence-corrected chi connectivity index (χ2v) is 7.67. The van der Waals surface area contributed by atoms with Crippen molar-refractivity contribution in [3.8, 4) is 0 Å².